The Morgan fingerprint density at radius 3 is 2.15 bits per heavy atom. The van der Waals surface area contributed by atoms with Gasteiger partial charge in [0.1, 0.15) is 14.8 Å². The lowest BCUT2D eigenvalue weighted by molar-refractivity contribution is 0.579. The summed E-state index contributed by atoms with van der Waals surface area (Å²) in [6.45, 7) is 0.0870. The van der Waals surface area contributed by atoms with Gasteiger partial charge >= 0.3 is 0 Å². The maximum absolute atomic E-state index is 11.6. The van der Waals surface area contributed by atoms with E-state index in [2.05, 4.69) is 4.72 Å². The molecule has 6 nitrogen and oxygen atoms in total. The number of hydrogen-bond donors (Lipinski definition) is 2. The fourth-order valence-electron chi connectivity index (χ4n) is 1.31. The Hall–Kier alpha value is -1.03. The molecule has 1 aromatic carbocycles. The van der Waals surface area contributed by atoms with Gasteiger partial charge in [-0.3, -0.25) is 0 Å². The molecule has 9 heteroatoms. The van der Waals surface area contributed by atoms with E-state index in [1.807, 2.05) is 0 Å². The van der Waals surface area contributed by atoms with Crippen LogP contribution in [0.25, 0.3) is 0 Å². The van der Waals surface area contributed by atoms with Crippen LogP contribution in [0.2, 0.25) is 0 Å². The monoisotopic (exact) mass is 336 g/mol. The van der Waals surface area contributed by atoms with Crippen molar-refractivity contribution >= 4 is 37.1 Å². The minimum atomic E-state index is -3.62. The molecule has 0 fully saturated rings. The van der Waals surface area contributed by atoms with Crippen molar-refractivity contribution in [1.82, 2.24) is 4.72 Å². The van der Waals surface area contributed by atoms with Gasteiger partial charge in [-0.15, -0.1) is 0 Å². The van der Waals surface area contributed by atoms with Crippen LogP contribution in [0, 0.1) is 0 Å². The molecule has 0 aliphatic heterocycles. The maximum atomic E-state index is 11.6. The third kappa shape index (κ3) is 6.42. The molecule has 0 radical (unpaired) electrons. The Labute approximate surface area is 124 Å². The molecule has 0 saturated carbocycles. The van der Waals surface area contributed by atoms with Crippen LogP contribution in [-0.2, 0) is 26.4 Å². The van der Waals surface area contributed by atoms with Crippen LogP contribution in [0.15, 0.2) is 24.3 Å². The van der Waals surface area contributed by atoms with Gasteiger partial charge in [0, 0.05) is 18.4 Å². The summed E-state index contributed by atoms with van der Waals surface area (Å²) in [7, 11) is -6.92. The number of rotatable bonds is 7. The van der Waals surface area contributed by atoms with Gasteiger partial charge in [-0.25, -0.2) is 21.6 Å². The molecule has 0 bridgehead atoms. The summed E-state index contributed by atoms with van der Waals surface area (Å²) in [4.78, 5) is 0.269. The van der Waals surface area contributed by atoms with Crippen molar-refractivity contribution in [2.45, 2.75) is 6.54 Å². The van der Waals surface area contributed by atoms with Crippen LogP contribution in [0.1, 0.15) is 11.1 Å². The number of nitrogens with one attached hydrogen (secondary N) is 1. The van der Waals surface area contributed by atoms with Crippen LogP contribution in [-0.4, -0.2) is 39.6 Å². The first-order chi connectivity index (χ1) is 9.09. The molecule has 0 spiro atoms. The highest BCUT2D eigenvalue weighted by atomic mass is 32.2. The lowest BCUT2D eigenvalue weighted by atomic mass is 10.1. The molecule has 0 aliphatic carbocycles. The van der Waals surface area contributed by atoms with E-state index >= 15 is 0 Å². The zero-order chi connectivity index (χ0) is 15.4. The molecule has 112 valence electrons. The van der Waals surface area contributed by atoms with Crippen molar-refractivity contribution in [3.8, 4) is 0 Å². The van der Waals surface area contributed by atoms with Crippen molar-refractivity contribution < 1.29 is 16.8 Å². The van der Waals surface area contributed by atoms with E-state index in [4.69, 9.17) is 18.0 Å². The maximum Gasteiger partial charge on any atom is 0.212 e. The minimum absolute atomic E-state index is 0.0870. The van der Waals surface area contributed by atoms with Crippen molar-refractivity contribution in [3.63, 3.8) is 0 Å². The first kappa shape index (κ1) is 17.0. The molecule has 0 aliphatic rings. The Balaban J connectivity index is 2.60. The second kappa shape index (κ2) is 6.61. The largest absolute Gasteiger partial charge is 0.389 e. The van der Waals surface area contributed by atoms with E-state index in [1.165, 1.54) is 0 Å². The molecule has 0 saturated heterocycles. The van der Waals surface area contributed by atoms with Gasteiger partial charge < -0.3 is 5.73 Å². The van der Waals surface area contributed by atoms with Gasteiger partial charge in [-0.2, -0.15) is 0 Å². The van der Waals surface area contributed by atoms with Crippen LogP contribution >= 0.6 is 12.2 Å². The number of thiocarbonyl (C=S) groups is 1. The standard InChI is InChI=1S/C11H16N2O4S3/c1-19(14,15)6-7-20(16,17)13-8-9-2-4-10(5-3-9)11(12)18/h2-5,13H,6-8H2,1H3,(H2,12,18). The average molecular weight is 336 g/mol. The van der Waals surface area contributed by atoms with Gasteiger partial charge in [0.15, 0.2) is 0 Å². The SMILES string of the molecule is CS(=O)(=O)CCS(=O)(=O)NCc1ccc(C(N)=S)cc1. The van der Waals surface area contributed by atoms with Crippen molar-refractivity contribution in [2.75, 3.05) is 17.8 Å². The second-order valence-electron chi connectivity index (χ2n) is 4.33. The number of sulfone groups is 1. The number of benzene rings is 1. The lowest BCUT2D eigenvalue weighted by Gasteiger charge is -2.07. The molecule has 0 atom stereocenters. The van der Waals surface area contributed by atoms with Crippen LogP contribution in [0.5, 0.6) is 0 Å². The first-order valence-electron chi connectivity index (χ1n) is 5.63. The number of hydrogen-bond acceptors (Lipinski definition) is 5. The molecule has 1 rings (SSSR count). The minimum Gasteiger partial charge on any atom is -0.389 e. The summed E-state index contributed by atoms with van der Waals surface area (Å²) in [6, 6.07) is 6.80. The summed E-state index contributed by atoms with van der Waals surface area (Å²) < 4.78 is 47.4. The average Bonchev–Trinajstić information content (AvgIpc) is 2.34. The molecule has 20 heavy (non-hydrogen) atoms. The van der Waals surface area contributed by atoms with Gasteiger partial charge in [0.25, 0.3) is 0 Å². The molecule has 0 aromatic heterocycles. The zero-order valence-electron chi connectivity index (χ0n) is 10.9. The Morgan fingerprint density at radius 1 is 1.15 bits per heavy atom. The second-order valence-corrected chi connectivity index (χ2v) is 8.96. The Bertz CT molecular complexity index is 679. The zero-order valence-corrected chi connectivity index (χ0v) is 13.3. The predicted molar refractivity (Wildman–Crippen MR) is 82.7 cm³/mol. The highest BCUT2D eigenvalue weighted by Crippen LogP contribution is 2.05. The smallest absolute Gasteiger partial charge is 0.212 e. The van der Waals surface area contributed by atoms with E-state index in [9.17, 15) is 16.8 Å². The van der Waals surface area contributed by atoms with E-state index < -0.39 is 31.4 Å². The highest BCUT2D eigenvalue weighted by molar-refractivity contribution is 7.93. The van der Waals surface area contributed by atoms with E-state index in [1.54, 1.807) is 24.3 Å². The molecule has 1 aromatic rings. The van der Waals surface area contributed by atoms with E-state index in [0.717, 1.165) is 11.8 Å². The van der Waals surface area contributed by atoms with Gasteiger partial charge in [0.2, 0.25) is 10.0 Å². The van der Waals surface area contributed by atoms with Gasteiger partial charge in [-0.05, 0) is 5.56 Å². The number of sulfonamides is 1. The summed E-state index contributed by atoms with van der Waals surface area (Å²) in [6.07, 6.45) is 0.997. The van der Waals surface area contributed by atoms with Gasteiger partial charge in [0.05, 0.1) is 11.5 Å². The molecule has 0 amide bonds. The highest BCUT2D eigenvalue weighted by Gasteiger charge is 2.14. The molecular formula is C11H16N2O4S3. The van der Waals surface area contributed by atoms with E-state index in [0.29, 0.717) is 5.56 Å². The Morgan fingerprint density at radius 2 is 1.70 bits per heavy atom. The van der Waals surface area contributed by atoms with Crippen molar-refractivity contribution in [1.29, 1.82) is 0 Å². The molecular weight excluding hydrogens is 320 g/mol. The van der Waals surface area contributed by atoms with Crippen LogP contribution in [0.4, 0.5) is 0 Å². The number of nitrogens with two attached hydrogens (primary N) is 1. The first-order valence-corrected chi connectivity index (χ1v) is 9.75. The Kier molecular flexibility index (Phi) is 5.63. The van der Waals surface area contributed by atoms with Crippen LogP contribution < -0.4 is 10.5 Å². The topological polar surface area (TPSA) is 106 Å². The third-order valence-corrected chi connectivity index (χ3v) is 5.22. The van der Waals surface area contributed by atoms with Gasteiger partial charge in [-0.1, -0.05) is 36.5 Å². The van der Waals surface area contributed by atoms with Crippen LogP contribution in [0.3, 0.4) is 0 Å². The molecule has 0 unspecified atom stereocenters. The summed E-state index contributed by atoms with van der Waals surface area (Å²) in [5, 5.41) is 0. The fraction of sp³-hybridized carbons (Fsp3) is 0.364. The lowest BCUT2D eigenvalue weighted by Crippen LogP contribution is -2.29. The quantitative estimate of drug-likeness (QED) is 0.667. The summed E-state index contributed by atoms with van der Waals surface area (Å²) in [5.74, 6) is -0.848. The fourth-order valence-corrected chi connectivity index (χ4v) is 4.07. The van der Waals surface area contributed by atoms with Crippen molar-refractivity contribution in [2.24, 2.45) is 5.73 Å². The molecule has 3 N–H and O–H groups in total. The summed E-state index contributed by atoms with van der Waals surface area (Å²) in [5.41, 5.74) is 6.88. The third-order valence-electron chi connectivity index (χ3n) is 2.46. The van der Waals surface area contributed by atoms with Crippen molar-refractivity contribution in [3.05, 3.63) is 35.4 Å². The molecule has 0 heterocycles. The van der Waals surface area contributed by atoms with E-state index in [-0.39, 0.29) is 11.5 Å². The summed E-state index contributed by atoms with van der Waals surface area (Å²) >= 11 is 4.81. The normalized spacial score (nSPS) is 12.2. The predicted octanol–water partition coefficient (Wildman–Crippen LogP) is -0.215.